The maximum absolute atomic E-state index is 11.9. The molecule has 0 saturated heterocycles. The summed E-state index contributed by atoms with van der Waals surface area (Å²) in [5.74, 6) is -1.13. The summed E-state index contributed by atoms with van der Waals surface area (Å²) < 4.78 is 5.86. The molecule has 0 fully saturated rings. The van der Waals surface area contributed by atoms with Crippen molar-refractivity contribution in [3.05, 3.63) is 28.2 Å². The Labute approximate surface area is 113 Å². The van der Waals surface area contributed by atoms with Crippen LogP contribution in [0.4, 0.5) is 0 Å². The molecule has 0 bridgehead atoms. The second kappa shape index (κ2) is 6.39. The minimum absolute atomic E-state index is 0.306. The van der Waals surface area contributed by atoms with Crippen molar-refractivity contribution >= 4 is 27.8 Å². The van der Waals surface area contributed by atoms with E-state index in [4.69, 9.17) is 9.84 Å². The summed E-state index contributed by atoms with van der Waals surface area (Å²) in [4.78, 5) is 22.8. The zero-order valence-corrected chi connectivity index (χ0v) is 11.7. The Kier molecular flexibility index (Phi) is 5.15. The number of halogens is 1. The summed E-state index contributed by atoms with van der Waals surface area (Å²) in [5.41, 5.74) is 0.306. The van der Waals surface area contributed by atoms with Crippen LogP contribution in [0.2, 0.25) is 0 Å². The van der Waals surface area contributed by atoms with Crippen LogP contribution in [-0.4, -0.2) is 30.1 Å². The predicted octanol–water partition coefficient (Wildman–Crippen LogP) is 2.05. The monoisotopic (exact) mass is 315 g/mol. The van der Waals surface area contributed by atoms with E-state index >= 15 is 0 Å². The maximum Gasteiger partial charge on any atom is 0.326 e. The van der Waals surface area contributed by atoms with Gasteiger partial charge in [-0.1, -0.05) is 22.9 Å². The minimum Gasteiger partial charge on any atom is -0.496 e. The van der Waals surface area contributed by atoms with Gasteiger partial charge in [-0.15, -0.1) is 0 Å². The number of hydrogen-bond acceptors (Lipinski definition) is 3. The Morgan fingerprint density at radius 3 is 2.67 bits per heavy atom. The van der Waals surface area contributed by atoms with E-state index in [0.717, 1.165) is 4.47 Å². The first-order valence-corrected chi connectivity index (χ1v) is 6.16. The summed E-state index contributed by atoms with van der Waals surface area (Å²) in [6.45, 7) is 1.69. The minimum atomic E-state index is -1.05. The summed E-state index contributed by atoms with van der Waals surface area (Å²) in [6.07, 6.45) is 0.319. The van der Waals surface area contributed by atoms with Gasteiger partial charge < -0.3 is 15.2 Å². The number of rotatable bonds is 5. The third kappa shape index (κ3) is 3.46. The van der Waals surface area contributed by atoms with Crippen molar-refractivity contribution in [2.45, 2.75) is 19.4 Å². The van der Waals surface area contributed by atoms with Crippen LogP contribution >= 0.6 is 15.9 Å². The number of benzene rings is 1. The molecule has 2 N–H and O–H groups in total. The topological polar surface area (TPSA) is 75.6 Å². The Morgan fingerprint density at radius 2 is 2.17 bits per heavy atom. The molecule has 98 valence electrons. The molecule has 0 spiro atoms. The van der Waals surface area contributed by atoms with Crippen LogP contribution in [0.25, 0.3) is 0 Å². The summed E-state index contributed by atoms with van der Waals surface area (Å²) in [5, 5.41) is 11.3. The van der Waals surface area contributed by atoms with Gasteiger partial charge >= 0.3 is 5.97 Å². The lowest BCUT2D eigenvalue weighted by Crippen LogP contribution is -2.40. The molecule has 6 heteroatoms. The van der Waals surface area contributed by atoms with E-state index in [2.05, 4.69) is 21.2 Å². The van der Waals surface area contributed by atoms with Crippen molar-refractivity contribution in [2.75, 3.05) is 7.11 Å². The molecule has 0 aliphatic rings. The van der Waals surface area contributed by atoms with Crippen molar-refractivity contribution in [2.24, 2.45) is 0 Å². The van der Waals surface area contributed by atoms with E-state index in [1.807, 2.05) is 0 Å². The molecule has 1 aromatic rings. The first-order chi connectivity index (χ1) is 8.49. The molecule has 0 aliphatic carbocycles. The lowest BCUT2D eigenvalue weighted by atomic mass is 10.1. The first kappa shape index (κ1) is 14.5. The smallest absolute Gasteiger partial charge is 0.326 e. The van der Waals surface area contributed by atoms with Crippen LogP contribution in [0.5, 0.6) is 5.75 Å². The zero-order valence-electron chi connectivity index (χ0n) is 10.1. The summed E-state index contributed by atoms with van der Waals surface area (Å²) in [7, 11) is 1.45. The van der Waals surface area contributed by atoms with Gasteiger partial charge in [-0.25, -0.2) is 4.79 Å². The van der Waals surface area contributed by atoms with Crippen molar-refractivity contribution < 1.29 is 19.4 Å². The van der Waals surface area contributed by atoms with Gasteiger partial charge in [-0.3, -0.25) is 4.79 Å². The molecule has 5 nitrogen and oxygen atoms in total. The summed E-state index contributed by atoms with van der Waals surface area (Å²) >= 11 is 3.27. The number of amides is 1. The number of ether oxygens (including phenoxy) is 1. The average Bonchev–Trinajstić information content (AvgIpc) is 2.34. The molecular formula is C12H14BrNO4. The van der Waals surface area contributed by atoms with Gasteiger partial charge in [0, 0.05) is 4.47 Å². The van der Waals surface area contributed by atoms with Crippen LogP contribution in [0, 0.1) is 0 Å². The SMILES string of the molecule is CCC(NC(=O)c1ccc(Br)cc1OC)C(=O)O. The van der Waals surface area contributed by atoms with Gasteiger partial charge in [-0.2, -0.15) is 0 Å². The Morgan fingerprint density at radius 1 is 1.50 bits per heavy atom. The van der Waals surface area contributed by atoms with E-state index < -0.39 is 17.9 Å². The number of carboxylic acids is 1. The fourth-order valence-electron chi connectivity index (χ4n) is 1.43. The molecule has 0 radical (unpaired) electrons. The van der Waals surface area contributed by atoms with Crippen LogP contribution in [0.15, 0.2) is 22.7 Å². The molecule has 18 heavy (non-hydrogen) atoms. The molecule has 1 unspecified atom stereocenters. The van der Waals surface area contributed by atoms with Crippen molar-refractivity contribution in [3.63, 3.8) is 0 Å². The van der Waals surface area contributed by atoms with Crippen LogP contribution in [-0.2, 0) is 4.79 Å². The highest BCUT2D eigenvalue weighted by Gasteiger charge is 2.20. The molecule has 0 heterocycles. The van der Waals surface area contributed by atoms with E-state index in [1.54, 1.807) is 25.1 Å². The number of hydrogen-bond donors (Lipinski definition) is 2. The second-order valence-corrected chi connectivity index (χ2v) is 4.53. The average molecular weight is 316 g/mol. The Balaban J connectivity index is 2.93. The number of carbonyl (C=O) groups is 2. The van der Waals surface area contributed by atoms with Crippen molar-refractivity contribution in [3.8, 4) is 5.75 Å². The normalized spacial score (nSPS) is 11.7. The van der Waals surface area contributed by atoms with Gasteiger partial charge in [0.2, 0.25) is 0 Å². The van der Waals surface area contributed by atoms with Gasteiger partial charge in [0.15, 0.2) is 0 Å². The highest BCUT2D eigenvalue weighted by molar-refractivity contribution is 9.10. The van der Waals surface area contributed by atoms with Gasteiger partial charge in [-0.05, 0) is 24.6 Å². The molecule has 0 saturated carbocycles. The molecule has 1 atom stereocenters. The largest absolute Gasteiger partial charge is 0.496 e. The van der Waals surface area contributed by atoms with Crippen molar-refractivity contribution in [1.82, 2.24) is 5.32 Å². The standard InChI is InChI=1S/C12H14BrNO4/c1-3-9(12(16)17)14-11(15)8-5-4-7(13)6-10(8)18-2/h4-6,9H,3H2,1-2H3,(H,14,15)(H,16,17). The third-order valence-electron chi connectivity index (χ3n) is 2.42. The van der Waals surface area contributed by atoms with E-state index in [-0.39, 0.29) is 0 Å². The van der Waals surface area contributed by atoms with Crippen LogP contribution < -0.4 is 10.1 Å². The molecule has 1 aromatic carbocycles. The van der Waals surface area contributed by atoms with Crippen molar-refractivity contribution in [1.29, 1.82) is 0 Å². The van der Waals surface area contributed by atoms with Gasteiger partial charge in [0.25, 0.3) is 5.91 Å². The van der Waals surface area contributed by atoms with E-state index in [0.29, 0.717) is 17.7 Å². The second-order valence-electron chi connectivity index (χ2n) is 3.62. The molecule has 0 aromatic heterocycles. The fraction of sp³-hybridized carbons (Fsp3) is 0.333. The fourth-order valence-corrected chi connectivity index (χ4v) is 1.77. The first-order valence-electron chi connectivity index (χ1n) is 5.36. The zero-order chi connectivity index (χ0) is 13.7. The van der Waals surface area contributed by atoms with Gasteiger partial charge in [0.05, 0.1) is 12.7 Å². The lowest BCUT2D eigenvalue weighted by molar-refractivity contribution is -0.139. The highest BCUT2D eigenvalue weighted by Crippen LogP contribution is 2.23. The van der Waals surface area contributed by atoms with E-state index in [1.165, 1.54) is 7.11 Å². The maximum atomic E-state index is 11.9. The van der Waals surface area contributed by atoms with Gasteiger partial charge in [0.1, 0.15) is 11.8 Å². The lowest BCUT2D eigenvalue weighted by Gasteiger charge is -2.14. The third-order valence-corrected chi connectivity index (χ3v) is 2.91. The molecule has 1 rings (SSSR count). The predicted molar refractivity (Wildman–Crippen MR) is 69.9 cm³/mol. The summed E-state index contributed by atoms with van der Waals surface area (Å²) in [6, 6.07) is 4.02. The molecular weight excluding hydrogens is 302 g/mol. The number of carboxylic acid groups (broad SMARTS) is 1. The highest BCUT2D eigenvalue weighted by atomic mass is 79.9. The Hall–Kier alpha value is -1.56. The number of aliphatic carboxylic acids is 1. The van der Waals surface area contributed by atoms with Crippen LogP contribution in [0.3, 0.4) is 0 Å². The molecule has 1 amide bonds. The number of carbonyl (C=O) groups excluding carboxylic acids is 1. The Bertz CT molecular complexity index is 461. The number of methoxy groups -OCH3 is 1. The quantitative estimate of drug-likeness (QED) is 0.872. The van der Waals surface area contributed by atoms with Crippen LogP contribution in [0.1, 0.15) is 23.7 Å². The van der Waals surface area contributed by atoms with E-state index in [9.17, 15) is 9.59 Å². The molecule has 0 aliphatic heterocycles. The number of nitrogens with one attached hydrogen (secondary N) is 1.